The smallest absolute Gasteiger partial charge is 0.345 e. The molecule has 1 rings (SSSR count). The van der Waals surface area contributed by atoms with Gasteiger partial charge >= 0.3 is 5.97 Å². The maximum atomic E-state index is 12.7. The highest BCUT2D eigenvalue weighted by Gasteiger charge is 2.23. The number of ether oxygens (including phenoxy) is 3. The highest BCUT2D eigenvalue weighted by atomic mass is 16.5. The fourth-order valence-corrected chi connectivity index (χ4v) is 2.52. The van der Waals surface area contributed by atoms with E-state index in [1.54, 1.807) is 13.2 Å². The molecule has 0 aliphatic heterocycles. The zero-order valence-electron chi connectivity index (χ0n) is 16.8. The third-order valence-corrected chi connectivity index (χ3v) is 3.86. The van der Waals surface area contributed by atoms with Gasteiger partial charge in [-0.15, -0.1) is 0 Å². The Morgan fingerprint density at radius 2 is 2.00 bits per heavy atom. The number of allylic oxidation sites excluding steroid dienone is 1. The summed E-state index contributed by atoms with van der Waals surface area (Å²) in [5.41, 5.74) is 2.54. The van der Waals surface area contributed by atoms with Crippen LogP contribution in [0.4, 0.5) is 0 Å². The van der Waals surface area contributed by atoms with E-state index >= 15 is 0 Å². The van der Waals surface area contributed by atoms with Gasteiger partial charge < -0.3 is 14.2 Å². The van der Waals surface area contributed by atoms with Crippen molar-refractivity contribution in [3.8, 4) is 11.5 Å². The first kappa shape index (κ1) is 21.8. The van der Waals surface area contributed by atoms with Crippen molar-refractivity contribution >= 4 is 5.97 Å². The van der Waals surface area contributed by atoms with E-state index in [1.807, 2.05) is 32.1 Å². The summed E-state index contributed by atoms with van der Waals surface area (Å²) >= 11 is 0. The Morgan fingerprint density at radius 3 is 2.58 bits per heavy atom. The number of hydrogen-bond donors (Lipinski definition) is 0. The third kappa shape index (κ3) is 6.95. The summed E-state index contributed by atoms with van der Waals surface area (Å²) in [6, 6.07) is 3.77. The molecule has 0 amide bonds. The van der Waals surface area contributed by atoms with Crippen molar-refractivity contribution in [2.75, 3.05) is 20.3 Å². The Bertz CT molecular complexity index is 625. The van der Waals surface area contributed by atoms with Crippen molar-refractivity contribution in [1.82, 2.24) is 0 Å². The second-order valence-electron chi connectivity index (χ2n) is 6.87. The molecule has 4 heteroatoms. The molecule has 0 aliphatic carbocycles. The number of aryl methyl sites for hydroxylation is 1. The number of carbonyl (C=O) groups excluding carboxylic acids is 1. The maximum Gasteiger partial charge on any atom is 0.345 e. The van der Waals surface area contributed by atoms with Gasteiger partial charge in [-0.3, -0.25) is 0 Å². The molecule has 0 unspecified atom stereocenters. The van der Waals surface area contributed by atoms with Crippen LogP contribution in [0.5, 0.6) is 11.5 Å². The van der Waals surface area contributed by atoms with E-state index in [2.05, 4.69) is 20.4 Å². The molecule has 0 spiro atoms. The SMILES string of the molecule is C=CCOc1ccc(CCC(C)C)c(OC)c1C(=O)OCCC=C(C)C. The van der Waals surface area contributed by atoms with Gasteiger partial charge in [-0.2, -0.15) is 0 Å². The Kier molecular flexibility index (Phi) is 9.56. The molecule has 0 saturated carbocycles. The van der Waals surface area contributed by atoms with Gasteiger partial charge in [-0.1, -0.05) is 44.2 Å². The molecule has 0 aromatic heterocycles. The van der Waals surface area contributed by atoms with Crippen LogP contribution in [-0.2, 0) is 11.2 Å². The number of methoxy groups -OCH3 is 1. The molecular formula is C22H32O4. The van der Waals surface area contributed by atoms with E-state index in [9.17, 15) is 4.79 Å². The van der Waals surface area contributed by atoms with Gasteiger partial charge in [-0.05, 0) is 50.7 Å². The van der Waals surface area contributed by atoms with Crippen molar-refractivity contribution < 1.29 is 19.0 Å². The quantitative estimate of drug-likeness (QED) is 0.303. The summed E-state index contributed by atoms with van der Waals surface area (Å²) in [5, 5.41) is 0. The number of carbonyl (C=O) groups is 1. The summed E-state index contributed by atoms with van der Waals surface area (Å²) in [7, 11) is 1.57. The van der Waals surface area contributed by atoms with Gasteiger partial charge in [0.25, 0.3) is 0 Å². The van der Waals surface area contributed by atoms with Crippen LogP contribution in [0.25, 0.3) is 0 Å². The Morgan fingerprint density at radius 1 is 1.27 bits per heavy atom. The van der Waals surface area contributed by atoms with Crippen molar-refractivity contribution in [3.63, 3.8) is 0 Å². The van der Waals surface area contributed by atoms with Crippen LogP contribution in [0.15, 0.2) is 36.4 Å². The first-order chi connectivity index (χ1) is 12.4. The topological polar surface area (TPSA) is 44.8 Å². The molecule has 0 aliphatic rings. The van der Waals surface area contributed by atoms with Gasteiger partial charge in [0, 0.05) is 0 Å². The molecule has 0 atom stereocenters. The summed E-state index contributed by atoms with van der Waals surface area (Å²) in [6.45, 7) is 12.7. The van der Waals surface area contributed by atoms with E-state index in [-0.39, 0.29) is 0 Å². The highest BCUT2D eigenvalue weighted by Crippen LogP contribution is 2.34. The Balaban J connectivity index is 3.11. The minimum absolute atomic E-state index is 0.312. The second kappa shape index (κ2) is 11.4. The van der Waals surface area contributed by atoms with E-state index in [0.717, 1.165) is 18.4 Å². The zero-order chi connectivity index (χ0) is 19.5. The van der Waals surface area contributed by atoms with Crippen LogP contribution in [-0.4, -0.2) is 26.3 Å². The molecule has 0 radical (unpaired) electrons. The van der Waals surface area contributed by atoms with Crippen molar-refractivity contribution in [3.05, 3.63) is 47.6 Å². The number of hydrogen-bond acceptors (Lipinski definition) is 4. The van der Waals surface area contributed by atoms with Gasteiger partial charge in [0.05, 0.1) is 13.7 Å². The lowest BCUT2D eigenvalue weighted by atomic mass is 9.99. The minimum Gasteiger partial charge on any atom is -0.495 e. The summed E-state index contributed by atoms with van der Waals surface area (Å²) in [5.74, 6) is 1.15. The summed E-state index contributed by atoms with van der Waals surface area (Å²) < 4.78 is 16.7. The van der Waals surface area contributed by atoms with Crippen LogP contribution in [0, 0.1) is 5.92 Å². The van der Waals surface area contributed by atoms with Gasteiger partial charge in [-0.25, -0.2) is 4.79 Å². The predicted molar refractivity (Wildman–Crippen MR) is 106 cm³/mol. The zero-order valence-corrected chi connectivity index (χ0v) is 16.8. The number of benzene rings is 1. The lowest BCUT2D eigenvalue weighted by Gasteiger charge is -2.17. The predicted octanol–water partition coefficient (Wildman–Crippen LogP) is 5.36. The molecule has 0 bridgehead atoms. The first-order valence-electron chi connectivity index (χ1n) is 9.14. The molecule has 26 heavy (non-hydrogen) atoms. The average molecular weight is 360 g/mol. The fourth-order valence-electron chi connectivity index (χ4n) is 2.52. The number of rotatable bonds is 11. The average Bonchev–Trinajstić information content (AvgIpc) is 2.60. The monoisotopic (exact) mass is 360 g/mol. The van der Waals surface area contributed by atoms with Gasteiger partial charge in [0.15, 0.2) is 0 Å². The molecular weight excluding hydrogens is 328 g/mol. The molecule has 0 heterocycles. The Labute approximate surface area is 157 Å². The van der Waals surface area contributed by atoms with E-state index in [0.29, 0.717) is 42.6 Å². The lowest BCUT2D eigenvalue weighted by molar-refractivity contribution is 0.0503. The number of esters is 1. The second-order valence-corrected chi connectivity index (χ2v) is 6.87. The molecule has 144 valence electrons. The fraction of sp³-hybridized carbons (Fsp3) is 0.500. The van der Waals surface area contributed by atoms with Crippen LogP contribution in [0.1, 0.15) is 56.5 Å². The van der Waals surface area contributed by atoms with Crippen LogP contribution in [0.2, 0.25) is 0 Å². The molecule has 0 fully saturated rings. The summed E-state index contributed by atoms with van der Waals surface area (Å²) in [6.07, 6.45) is 6.22. The van der Waals surface area contributed by atoms with Crippen LogP contribution in [0.3, 0.4) is 0 Å². The van der Waals surface area contributed by atoms with Crippen molar-refractivity contribution in [2.24, 2.45) is 5.92 Å². The third-order valence-electron chi connectivity index (χ3n) is 3.86. The van der Waals surface area contributed by atoms with Crippen molar-refractivity contribution in [1.29, 1.82) is 0 Å². The van der Waals surface area contributed by atoms with Gasteiger partial charge in [0.1, 0.15) is 23.7 Å². The Hall–Kier alpha value is -2.23. The highest BCUT2D eigenvalue weighted by molar-refractivity contribution is 5.96. The molecule has 4 nitrogen and oxygen atoms in total. The van der Waals surface area contributed by atoms with Crippen LogP contribution >= 0.6 is 0 Å². The molecule has 0 saturated heterocycles. The minimum atomic E-state index is -0.422. The van der Waals surface area contributed by atoms with E-state index < -0.39 is 5.97 Å². The van der Waals surface area contributed by atoms with Gasteiger partial charge in [0.2, 0.25) is 0 Å². The molecule has 0 N–H and O–H groups in total. The first-order valence-corrected chi connectivity index (χ1v) is 9.14. The molecule has 1 aromatic rings. The maximum absolute atomic E-state index is 12.7. The van der Waals surface area contributed by atoms with Crippen LogP contribution < -0.4 is 9.47 Å². The standard InChI is InChI=1S/C22H32O4/c1-7-14-25-19-13-12-18(11-10-17(4)5)21(24-6)20(19)22(23)26-15-8-9-16(2)3/h7,9,12-13,17H,1,8,10-11,14-15H2,2-6H3. The van der Waals surface area contributed by atoms with Crippen molar-refractivity contribution in [2.45, 2.75) is 47.0 Å². The normalized spacial score (nSPS) is 10.4. The van der Waals surface area contributed by atoms with E-state index in [4.69, 9.17) is 14.2 Å². The van der Waals surface area contributed by atoms with E-state index in [1.165, 1.54) is 5.57 Å². The lowest BCUT2D eigenvalue weighted by Crippen LogP contribution is -2.12. The largest absolute Gasteiger partial charge is 0.495 e. The molecule has 1 aromatic carbocycles. The summed E-state index contributed by atoms with van der Waals surface area (Å²) in [4.78, 5) is 12.7.